The SMILES string of the molecule is CCOc1ccc(Cc2ccc(Cc3c[nH]c4ncnc(OC)c34)c(F)n2)cn1. The monoisotopic (exact) mass is 393 g/mol. The van der Waals surface area contributed by atoms with E-state index in [1.165, 1.54) is 6.33 Å². The quantitative estimate of drug-likeness (QED) is 0.484. The third-order valence-electron chi connectivity index (χ3n) is 4.55. The number of nitrogens with zero attached hydrogens (tertiary/aromatic N) is 4. The molecule has 4 aromatic heterocycles. The van der Waals surface area contributed by atoms with Crippen LogP contribution in [0.2, 0.25) is 0 Å². The van der Waals surface area contributed by atoms with Crippen molar-refractivity contribution in [3.8, 4) is 11.8 Å². The lowest BCUT2D eigenvalue weighted by Gasteiger charge is -2.07. The molecular formula is C21H20FN5O2. The van der Waals surface area contributed by atoms with Crippen LogP contribution in [0.4, 0.5) is 4.39 Å². The molecule has 0 aliphatic carbocycles. The number of aromatic amines is 1. The summed E-state index contributed by atoms with van der Waals surface area (Å²) in [5.74, 6) is 0.537. The van der Waals surface area contributed by atoms with E-state index in [-0.39, 0.29) is 0 Å². The van der Waals surface area contributed by atoms with E-state index in [1.807, 2.05) is 19.1 Å². The van der Waals surface area contributed by atoms with Gasteiger partial charge in [0.25, 0.3) is 0 Å². The van der Waals surface area contributed by atoms with Crippen molar-refractivity contribution in [2.75, 3.05) is 13.7 Å². The highest BCUT2D eigenvalue weighted by Gasteiger charge is 2.14. The van der Waals surface area contributed by atoms with Gasteiger partial charge in [0, 0.05) is 42.6 Å². The second kappa shape index (κ2) is 8.22. The zero-order valence-corrected chi connectivity index (χ0v) is 16.1. The fourth-order valence-electron chi connectivity index (χ4n) is 3.18. The molecule has 0 bridgehead atoms. The van der Waals surface area contributed by atoms with Gasteiger partial charge in [0.1, 0.15) is 12.0 Å². The lowest BCUT2D eigenvalue weighted by molar-refractivity contribution is 0.326. The van der Waals surface area contributed by atoms with Crippen LogP contribution in [0.15, 0.2) is 43.0 Å². The average Bonchev–Trinajstić information content (AvgIpc) is 3.15. The molecule has 0 amide bonds. The van der Waals surface area contributed by atoms with Crippen LogP contribution >= 0.6 is 0 Å². The first-order valence-electron chi connectivity index (χ1n) is 9.25. The first-order chi connectivity index (χ1) is 14.2. The Labute approximate surface area is 167 Å². The minimum Gasteiger partial charge on any atom is -0.480 e. The molecular weight excluding hydrogens is 373 g/mol. The van der Waals surface area contributed by atoms with Gasteiger partial charge in [0.2, 0.25) is 17.7 Å². The average molecular weight is 393 g/mol. The lowest BCUT2D eigenvalue weighted by atomic mass is 10.1. The topological polar surface area (TPSA) is 85.8 Å². The molecule has 8 heteroatoms. The summed E-state index contributed by atoms with van der Waals surface area (Å²) in [6, 6.07) is 7.30. The molecule has 0 radical (unpaired) electrons. The van der Waals surface area contributed by atoms with E-state index in [2.05, 4.69) is 24.9 Å². The molecule has 0 unspecified atom stereocenters. The highest BCUT2D eigenvalue weighted by atomic mass is 19.1. The Morgan fingerprint density at radius 2 is 1.93 bits per heavy atom. The van der Waals surface area contributed by atoms with Crippen LogP contribution in [0, 0.1) is 5.95 Å². The van der Waals surface area contributed by atoms with E-state index < -0.39 is 5.95 Å². The highest BCUT2D eigenvalue weighted by Crippen LogP contribution is 2.27. The number of methoxy groups -OCH3 is 1. The number of hydrogen-bond donors (Lipinski definition) is 1. The Hall–Kier alpha value is -3.55. The van der Waals surface area contributed by atoms with Gasteiger partial charge in [0.05, 0.1) is 19.1 Å². The predicted molar refractivity (Wildman–Crippen MR) is 106 cm³/mol. The van der Waals surface area contributed by atoms with Crippen LogP contribution in [0.1, 0.15) is 29.3 Å². The van der Waals surface area contributed by atoms with Crippen molar-refractivity contribution in [1.82, 2.24) is 24.9 Å². The van der Waals surface area contributed by atoms with Gasteiger partial charge in [-0.05, 0) is 24.1 Å². The van der Waals surface area contributed by atoms with Gasteiger partial charge in [-0.25, -0.2) is 19.9 Å². The molecule has 0 saturated carbocycles. The molecule has 0 spiro atoms. The summed E-state index contributed by atoms with van der Waals surface area (Å²) in [5.41, 5.74) is 3.57. The molecule has 4 rings (SSSR count). The van der Waals surface area contributed by atoms with Gasteiger partial charge < -0.3 is 14.5 Å². The summed E-state index contributed by atoms with van der Waals surface area (Å²) in [7, 11) is 1.55. The van der Waals surface area contributed by atoms with Crippen LogP contribution in [-0.4, -0.2) is 38.6 Å². The molecule has 29 heavy (non-hydrogen) atoms. The third-order valence-corrected chi connectivity index (χ3v) is 4.55. The largest absolute Gasteiger partial charge is 0.480 e. The third kappa shape index (κ3) is 4.01. The second-order valence-electron chi connectivity index (χ2n) is 6.46. The number of fused-ring (bicyclic) bond motifs is 1. The van der Waals surface area contributed by atoms with Gasteiger partial charge in [-0.1, -0.05) is 12.1 Å². The lowest BCUT2D eigenvalue weighted by Crippen LogP contribution is -2.01. The summed E-state index contributed by atoms with van der Waals surface area (Å²) in [4.78, 5) is 19.7. The first kappa shape index (κ1) is 18.8. The first-order valence-corrected chi connectivity index (χ1v) is 9.25. The van der Waals surface area contributed by atoms with Crippen LogP contribution in [0.3, 0.4) is 0 Å². The van der Waals surface area contributed by atoms with Gasteiger partial charge in [-0.2, -0.15) is 4.39 Å². The molecule has 7 nitrogen and oxygen atoms in total. The molecule has 148 valence electrons. The fourth-order valence-corrected chi connectivity index (χ4v) is 3.18. The number of halogens is 1. The molecule has 0 aliphatic heterocycles. The predicted octanol–water partition coefficient (Wildman–Crippen LogP) is 3.48. The number of nitrogens with one attached hydrogen (secondary N) is 1. The summed E-state index contributed by atoms with van der Waals surface area (Å²) >= 11 is 0. The molecule has 0 aliphatic rings. The van der Waals surface area contributed by atoms with Crippen molar-refractivity contribution in [2.24, 2.45) is 0 Å². The van der Waals surface area contributed by atoms with Crippen LogP contribution in [0.25, 0.3) is 11.0 Å². The fraction of sp³-hybridized carbons (Fsp3) is 0.238. The van der Waals surface area contributed by atoms with Crippen LogP contribution < -0.4 is 9.47 Å². The van der Waals surface area contributed by atoms with E-state index in [1.54, 1.807) is 31.6 Å². The Bertz CT molecular complexity index is 1130. The van der Waals surface area contributed by atoms with Crippen molar-refractivity contribution in [2.45, 2.75) is 19.8 Å². The minimum atomic E-state index is -0.494. The second-order valence-corrected chi connectivity index (χ2v) is 6.46. The van der Waals surface area contributed by atoms with Gasteiger partial charge in [-0.15, -0.1) is 0 Å². The van der Waals surface area contributed by atoms with Gasteiger partial charge >= 0.3 is 0 Å². The van der Waals surface area contributed by atoms with Gasteiger partial charge in [-0.3, -0.25) is 0 Å². The maximum Gasteiger partial charge on any atom is 0.226 e. The molecule has 4 heterocycles. The van der Waals surface area contributed by atoms with Crippen molar-refractivity contribution in [3.05, 3.63) is 71.3 Å². The maximum absolute atomic E-state index is 14.7. The number of rotatable bonds is 7. The minimum absolute atomic E-state index is 0.355. The molecule has 0 fully saturated rings. The highest BCUT2D eigenvalue weighted by molar-refractivity contribution is 5.85. The van der Waals surface area contributed by atoms with E-state index in [0.717, 1.165) is 16.5 Å². The Morgan fingerprint density at radius 1 is 1.03 bits per heavy atom. The van der Waals surface area contributed by atoms with Crippen LogP contribution in [-0.2, 0) is 12.8 Å². The van der Waals surface area contributed by atoms with E-state index in [0.29, 0.717) is 48.1 Å². The number of H-pyrrole nitrogens is 1. The number of ether oxygens (including phenoxy) is 2. The summed E-state index contributed by atoms with van der Waals surface area (Å²) < 4.78 is 25.3. The van der Waals surface area contributed by atoms with Crippen molar-refractivity contribution in [1.29, 1.82) is 0 Å². The van der Waals surface area contributed by atoms with Gasteiger partial charge in [0.15, 0.2) is 0 Å². The molecule has 4 aromatic rings. The van der Waals surface area contributed by atoms with Crippen molar-refractivity contribution < 1.29 is 13.9 Å². The molecule has 0 atom stereocenters. The smallest absolute Gasteiger partial charge is 0.226 e. The van der Waals surface area contributed by atoms with E-state index >= 15 is 0 Å². The number of pyridine rings is 2. The Morgan fingerprint density at radius 3 is 2.66 bits per heavy atom. The standard InChI is InChI=1S/C21H20FN5O2/c1-3-29-17-7-4-13(10-23-17)8-16-6-5-14(19(22)27-16)9-15-11-24-20-18(15)21(28-2)26-12-25-20/h4-7,10-12H,3,8-9H2,1-2H3,(H,24,25,26). The normalized spacial score (nSPS) is 11.0. The number of aromatic nitrogens is 5. The summed E-state index contributed by atoms with van der Waals surface area (Å²) in [6.45, 7) is 2.47. The Balaban J connectivity index is 1.53. The van der Waals surface area contributed by atoms with Crippen LogP contribution in [0.5, 0.6) is 11.8 Å². The van der Waals surface area contributed by atoms with E-state index in [9.17, 15) is 4.39 Å². The zero-order chi connectivity index (χ0) is 20.2. The zero-order valence-electron chi connectivity index (χ0n) is 16.1. The van der Waals surface area contributed by atoms with Crippen molar-refractivity contribution >= 4 is 11.0 Å². The molecule has 1 N–H and O–H groups in total. The molecule has 0 aromatic carbocycles. The van der Waals surface area contributed by atoms with E-state index in [4.69, 9.17) is 9.47 Å². The molecule has 0 saturated heterocycles. The van der Waals surface area contributed by atoms with Crippen molar-refractivity contribution in [3.63, 3.8) is 0 Å². The maximum atomic E-state index is 14.7. The Kier molecular flexibility index (Phi) is 5.33. The summed E-state index contributed by atoms with van der Waals surface area (Å²) in [6.07, 6.45) is 5.78. The summed E-state index contributed by atoms with van der Waals surface area (Å²) in [5, 5.41) is 0.749. The number of hydrogen-bond acceptors (Lipinski definition) is 6.